The number of thioether (sulfide) groups is 1. The molecule has 0 spiro atoms. The van der Waals surface area contributed by atoms with Crippen LogP contribution in [0.25, 0.3) is 0 Å². The van der Waals surface area contributed by atoms with Gasteiger partial charge in [-0.1, -0.05) is 58.9 Å². The molecule has 6 heteroatoms. The molecule has 1 aliphatic carbocycles. The Morgan fingerprint density at radius 2 is 2.28 bits per heavy atom. The van der Waals surface area contributed by atoms with Gasteiger partial charge in [0.05, 0.1) is 6.54 Å². The van der Waals surface area contributed by atoms with Crippen molar-refractivity contribution in [3.63, 3.8) is 0 Å². The van der Waals surface area contributed by atoms with Gasteiger partial charge in [-0.05, 0) is 59.9 Å². The van der Waals surface area contributed by atoms with Crippen molar-refractivity contribution in [1.82, 2.24) is 10.2 Å². The number of halogens is 1. The fraction of sp³-hybridized carbons (Fsp3) is 0.391. The van der Waals surface area contributed by atoms with Crippen LogP contribution < -0.4 is 5.32 Å². The molecular formula is C23H27BrN4S. The molecule has 1 aromatic rings. The molecule has 4 rings (SSSR count). The second-order valence-corrected chi connectivity index (χ2v) is 9.88. The van der Waals surface area contributed by atoms with E-state index in [9.17, 15) is 0 Å². The summed E-state index contributed by atoms with van der Waals surface area (Å²) >= 11 is 5.55. The molecule has 3 aliphatic rings. The summed E-state index contributed by atoms with van der Waals surface area (Å²) in [5.74, 6) is 0.458. The topological polar surface area (TPSA) is 51.5 Å². The van der Waals surface area contributed by atoms with Gasteiger partial charge in [0.15, 0.2) is 5.17 Å². The van der Waals surface area contributed by atoms with E-state index in [1.54, 1.807) is 6.08 Å². The van der Waals surface area contributed by atoms with Crippen LogP contribution in [-0.2, 0) is 13.0 Å². The van der Waals surface area contributed by atoms with Crippen LogP contribution in [0.1, 0.15) is 24.5 Å². The van der Waals surface area contributed by atoms with Crippen LogP contribution in [0.15, 0.2) is 63.7 Å². The average molecular weight is 471 g/mol. The van der Waals surface area contributed by atoms with Crippen molar-refractivity contribution < 1.29 is 0 Å². The zero-order chi connectivity index (χ0) is 20.2. The van der Waals surface area contributed by atoms with Crippen LogP contribution in [0.5, 0.6) is 0 Å². The molecule has 2 heterocycles. The van der Waals surface area contributed by atoms with Gasteiger partial charge in [-0.3, -0.25) is 4.99 Å². The highest BCUT2D eigenvalue weighted by Crippen LogP contribution is 2.35. The maximum Gasteiger partial charge on any atom is 0.159 e. The van der Waals surface area contributed by atoms with Crippen LogP contribution in [0.2, 0.25) is 0 Å². The molecule has 0 saturated heterocycles. The number of nitrogens with zero attached hydrogens (tertiary/aromatic N) is 2. The van der Waals surface area contributed by atoms with E-state index in [0.717, 1.165) is 36.9 Å². The number of hydrogen-bond donors (Lipinski definition) is 2. The highest BCUT2D eigenvalue weighted by atomic mass is 79.9. The van der Waals surface area contributed by atoms with E-state index >= 15 is 0 Å². The van der Waals surface area contributed by atoms with Crippen LogP contribution in [0, 0.1) is 11.3 Å². The lowest BCUT2D eigenvalue weighted by Gasteiger charge is -2.31. The minimum Gasteiger partial charge on any atom is -0.384 e. The molecule has 0 bridgehead atoms. The van der Waals surface area contributed by atoms with Crippen LogP contribution in [0.4, 0.5) is 0 Å². The largest absolute Gasteiger partial charge is 0.384 e. The van der Waals surface area contributed by atoms with Crippen molar-refractivity contribution in [2.24, 2.45) is 10.9 Å². The van der Waals surface area contributed by atoms with Crippen molar-refractivity contribution in [1.29, 1.82) is 5.41 Å². The standard InChI is InChI=1S/C23H27BrN4S/c1-16(18-4-2-5-21(13-18)26-10-3-9-25)22-14-27-23(29-22)28-11-8-17-6-7-20(24)12-19(17)15-28/h2-4,6-7,9-10,12-13,16,21-22,25-26H,5,8,11,14-15H2,1H3/b10-3-,25-9?. The Bertz CT molecular complexity index is 889. The van der Waals surface area contributed by atoms with E-state index in [2.05, 4.69) is 69.5 Å². The van der Waals surface area contributed by atoms with Gasteiger partial charge in [0, 0.05) is 35.1 Å². The smallest absolute Gasteiger partial charge is 0.159 e. The van der Waals surface area contributed by atoms with Gasteiger partial charge >= 0.3 is 0 Å². The molecule has 152 valence electrons. The number of aliphatic imine (C=N–C) groups is 1. The van der Waals surface area contributed by atoms with Crippen molar-refractivity contribution in [3.8, 4) is 0 Å². The minimum atomic E-state index is 0.303. The first-order valence-electron chi connectivity index (χ1n) is 10.2. The lowest BCUT2D eigenvalue weighted by Crippen LogP contribution is -2.34. The normalized spacial score (nSPS) is 24.8. The number of nitrogens with one attached hydrogen (secondary N) is 2. The number of benzene rings is 1. The second-order valence-electron chi connectivity index (χ2n) is 7.76. The Labute approximate surface area is 185 Å². The second kappa shape index (κ2) is 9.35. The summed E-state index contributed by atoms with van der Waals surface area (Å²) in [4.78, 5) is 7.37. The summed E-state index contributed by atoms with van der Waals surface area (Å²) in [5.41, 5.74) is 4.26. The summed E-state index contributed by atoms with van der Waals surface area (Å²) in [7, 11) is 0. The molecule has 0 fully saturated rings. The third-order valence-electron chi connectivity index (χ3n) is 5.79. The summed E-state index contributed by atoms with van der Waals surface area (Å²) < 4.78 is 1.15. The molecule has 3 unspecified atom stereocenters. The molecule has 29 heavy (non-hydrogen) atoms. The first-order valence-corrected chi connectivity index (χ1v) is 11.8. The zero-order valence-corrected chi connectivity index (χ0v) is 19.0. The lowest BCUT2D eigenvalue weighted by molar-refractivity contribution is 0.401. The summed E-state index contributed by atoms with van der Waals surface area (Å²) in [5, 5.41) is 12.1. The molecule has 2 N–H and O–H groups in total. The molecule has 0 amide bonds. The van der Waals surface area contributed by atoms with Gasteiger partial charge in [0.1, 0.15) is 0 Å². The van der Waals surface area contributed by atoms with Gasteiger partial charge in [-0.25, -0.2) is 0 Å². The number of hydrogen-bond acceptors (Lipinski definition) is 5. The monoisotopic (exact) mass is 470 g/mol. The fourth-order valence-corrected chi connectivity index (χ4v) is 5.71. The van der Waals surface area contributed by atoms with E-state index in [0.29, 0.717) is 17.2 Å². The predicted octanol–water partition coefficient (Wildman–Crippen LogP) is 4.92. The van der Waals surface area contributed by atoms with Gasteiger partial charge < -0.3 is 15.6 Å². The Balaban J connectivity index is 1.37. The SMILES string of the molecule is CC(C1=CC(N/C=C\C=N)CC=C1)C1CN=C(N2CCc3ccc(Br)cc3C2)S1. The molecule has 0 saturated carbocycles. The number of amidine groups is 1. The summed E-state index contributed by atoms with van der Waals surface area (Å²) in [6, 6.07) is 6.94. The van der Waals surface area contributed by atoms with E-state index in [1.165, 1.54) is 28.1 Å². The average Bonchev–Trinajstić information content (AvgIpc) is 3.23. The molecular weight excluding hydrogens is 444 g/mol. The Morgan fingerprint density at radius 1 is 1.38 bits per heavy atom. The van der Waals surface area contributed by atoms with E-state index in [-0.39, 0.29) is 0 Å². The molecule has 3 atom stereocenters. The van der Waals surface area contributed by atoms with Crippen molar-refractivity contribution >= 4 is 39.1 Å². The fourth-order valence-electron chi connectivity index (χ4n) is 4.07. The number of fused-ring (bicyclic) bond motifs is 1. The molecule has 4 nitrogen and oxygen atoms in total. The van der Waals surface area contributed by atoms with Crippen LogP contribution in [-0.4, -0.2) is 40.7 Å². The molecule has 0 aromatic heterocycles. The Kier molecular flexibility index (Phi) is 6.60. The maximum absolute atomic E-state index is 7.09. The third kappa shape index (κ3) is 4.86. The molecule has 1 aromatic carbocycles. The molecule has 2 aliphatic heterocycles. The van der Waals surface area contributed by atoms with Crippen molar-refractivity contribution in [2.45, 2.75) is 37.6 Å². The quantitative estimate of drug-likeness (QED) is 0.600. The Hall–Kier alpha value is -1.79. The van der Waals surface area contributed by atoms with Crippen LogP contribution >= 0.6 is 27.7 Å². The van der Waals surface area contributed by atoms with Gasteiger partial charge in [-0.15, -0.1) is 0 Å². The first-order chi connectivity index (χ1) is 14.1. The Morgan fingerprint density at radius 3 is 3.14 bits per heavy atom. The van der Waals surface area contributed by atoms with E-state index in [4.69, 9.17) is 10.4 Å². The summed E-state index contributed by atoms with van der Waals surface area (Å²) in [6.45, 7) is 5.22. The van der Waals surface area contributed by atoms with Gasteiger partial charge in [0.25, 0.3) is 0 Å². The van der Waals surface area contributed by atoms with Crippen molar-refractivity contribution in [3.05, 3.63) is 69.9 Å². The lowest BCUT2D eigenvalue weighted by atomic mass is 9.91. The highest BCUT2D eigenvalue weighted by molar-refractivity contribution is 9.10. The van der Waals surface area contributed by atoms with Gasteiger partial charge in [0.2, 0.25) is 0 Å². The number of allylic oxidation sites excluding steroid dienone is 3. The number of rotatable bonds is 5. The first kappa shape index (κ1) is 20.5. The van der Waals surface area contributed by atoms with Crippen molar-refractivity contribution in [2.75, 3.05) is 13.1 Å². The van der Waals surface area contributed by atoms with Crippen LogP contribution in [0.3, 0.4) is 0 Å². The van der Waals surface area contributed by atoms with Gasteiger partial charge in [-0.2, -0.15) is 0 Å². The predicted molar refractivity (Wildman–Crippen MR) is 128 cm³/mol. The highest BCUT2D eigenvalue weighted by Gasteiger charge is 2.31. The third-order valence-corrected chi connectivity index (χ3v) is 7.75. The summed E-state index contributed by atoms with van der Waals surface area (Å²) in [6.07, 6.45) is 13.8. The molecule has 0 radical (unpaired) electrons. The maximum atomic E-state index is 7.09. The minimum absolute atomic E-state index is 0.303. The zero-order valence-electron chi connectivity index (χ0n) is 16.6. The van der Waals surface area contributed by atoms with E-state index in [1.807, 2.05) is 18.0 Å². The van der Waals surface area contributed by atoms with E-state index < -0.39 is 0 Å².